The lowest BCUT2D eigenvalue weighted by Crippen LogP contribution is -2.58. The van der Waals surface area contributed by atoms with Gasteiger partial charge in [0.2, 0.25) is 5.91 Å². The Morgan fingerprint density at radius 1 is 1.09 bits per heavy atom. The van der Waals surface area contributed by atoms with Crippen LogP contribution in [0.4, 0.5) is 5.82 Å². The topological polar surface area (TPSA) is 82.7 Å². The van der Waals surface area contributed by atoms with Gasteiger partial charge in [-0.25, -0.2) is 4.79 Å². The van der Waals surface area contributed by atoms with Gasteiger partial charge in [-0.15, -0.1) is 11.8 Å². The van der Waals surface area contributed by atoms with E-state index in [9.17, 15) is 9.59 Å². The monoisotopic (exact) mass is 640 g/mol. The molecule has 2 fully saturated rings. The largest absolute Gasteiger partial charge is 0.350 e. The van der Waals surface area contributed by atoms with E-state index < -0.39 is 0 Å². The highest BCUT2D eigenvalue weighted by Crippen LogP contribution is 2.47. The van der Waals surface area contributed by atoms with Crippen molar-refractivity contribution in [1.29, 1.82) is 0 Å². The molecule has 1 amide bonds. The number of amides is 1. The summed E-state index contributed by atoms with van der Waals surface area (Å²) in [6.07, 6.45) is 3.30. The molecule has 10 nitrogen and oxygen atoms in total. The zero-order chi connectivity index (χ0) is 32.3. The molecule has 0 bridgehead atoms. The maximum absolute atomic E-state index is 14.3. The van der Waals surface area contributed by atoms with Gasteiger partial charge >= 0.3 is 5.69 Å². The average Bonchev–Trinajstić information content (AvgIpc) is 3.44. The molecule has 0 spiro atoms. The van der Waals surface area contributed by atoms with Crippen molar-refractivity contribution in [1.82, 2.24) is 34.0 Å². The third-order valence-electron chi connectivity index (χ3n) is 10.3. The van der Waals surface area contributed by atoms with Crippen molar-refractivity contribution >= 4 is 45.3 Å². The summed E-state index contributed by atoms with van der Waals surface area (Å²) in [7, 11) is 1.99. The van der Waals surface area contributed by atoms with E-state index in [-0.39, 0.29) is 29.7 Å². The summed E-state index contributed by atoms with van der Waals surface area (Å²) in [6, 6.07) is 8.58. The van der Waals surface area contributed by atoms with Crippen molar-refractivity contribution in [2.75, 3.05) is 63.0 Å². The number of thioether (sulfide) groups is 1. The molecule has 0 unspecified atom stereocenters. The minimum absolute atomic E-state index is 0.0149. The van der Waals surface area contributed by atoms with Crippen LogP contribution >= 0.6 is 11.8 Å². The lowest BCUT2D eigenvalue weighted by Gasteiger charge is -2.45. The molecule has 242 valence electrons. The molecule has 7 rings (SSSR count). The summed E-state index contributed by atoms with van der Waals surface area (Å²) >= 11 is 1.87. The molecule has 3 atom stereocenters. The number of hydrogen-bond acceptors (Lipinski definition) is 8. The van der Waals surface area contributed by atoms with Crippen LogP contribution in [0.1, 0.15) is 32.4 Å². The van der Waals surface area contributed by atoms with Crippen molar-refractivity contribution in [3.05, 3.63) is 59.2 Å². The molecule has 0 N–H and O–H groups in total. The van der Waals surface area contributed by atoms with Gasteiger partial charge in [0, 0.05) is 97.5 Å². The smallest absolute Gasteiger partial charge is 0.349 e. The number of hydrogen-bond donors (Lipinski definition) is 0. The van der Waals surface area contributed by atoms with Crippen LogP contribution in [0.2, 0.25) is 0 Å². The normalized spacial score (nSPS) is 22.6. The number of carbonyl (C=O) groups excluding carboxylic acids is 1. The Labute approximate surface area is 274 Å². The minimum Gasteiger partial charge on any atom is -0.349 e. The highest BCUT2D eigenvalue weighted by molar-refractivity contribution is 7.99. The quantitative estimate of drug-likeness (QED) is 0.291. The standard InChI is InChI=1S/C35H44N8O2S/c1-7-29(44)41-18-24(5)42(19-23(41)4)34-28-16-22(3)30(27-11-9-10-25-17-36-38(6)31(25)27)33-32(28)43(35(45)37-34)26(21-46-33)20-40-14-12-39(8-2)13-15-40/h7,9-11,16-17,23-24,26H,1,8,12-15,18-21H2,2-6H3/t23-,24+,26+/m1/s1. The van der Waals surface area contributed by atoms with Gasteiger partial charge in [-0.2, -0.15) is 10.1 Å². The van der Waals surface area contributed by atoms with Crippen molar-refractivity contribution in [3.8, 4) is 11.1 Å². The molecule has 2 saturated heterocycles. The Morgan fingerprint density at radius 3 is 2.59 bits per heavy atom. The number of aryl methyl sites for hydroxylation is 2. The third kappa shape index (κ3) is 5.12. The van der Waals surface area contributed by atoms with Crippen molar-refractivity contribution in [3.63, 3.8) is 0 Å². The van der Waals surface area contributed by atoms with E-state index in [0.717, 1.165) is 88.4 Å². The molecular weight excluding hydrogens is 597 g/mol. The molecule has 2 aromatic carbocycles. The van der Waals surface area contributed by atoms with Crippen LogP contribution in [0.5, 0.6) is 0 Å². The van der Waals surface area contributed by atoms with Gasteiger partial charge in [0.25, 0.3) is 0 Å². The molecule has 11 heteroatoms. The molecule has 5 heterocycles. The zero-order valence-corrected chi connectivity index (χ0v) is 28.4. The predicted molar refractivity (Wildman–Crippen MR) is 187 cm³/mol. The first-order valence-corrected chi connectivity index (χ1v) is 17.5. The molecule has 0 aliphatic carbocycles. The Morgan fingerprint density at radius 2 is 1.85 bits per heavy atom. The van der Waals surface area contributed by atoms with Crippen LogP contribution in [0.25, 0.3) is 32.9 Å². The van der Waals surface area contributed by atoms with Crippen LogP contribution in [0.3, 0.4) is 0 Å². The van der Waals surface area contributed by atoms with Gasteiger partial charge in [-0.1, -0.05) is 31.7 Å². The molecule has 46 heavy (non-hydrogen) atoms. The molecule has 0 radical (unpaired) electrons. The minimum atomic E-state index is -0.195. The molecular formula is C35H44N8O2S. The molecule has 3 aliphatic heterocycles. The van der Waals surface area contributed by atoms with E-state index in [2.05, 4.69) is 78.3 Å². The van der Waals surface area contributed by atoms with E-state index in [1.54, 1.807) is 0 Å². The summed E-state index contributed by atoms with van der Waals surface area (Å²) in [5.74, 6) is 1.46. The first-order valence-electron chi connectivity index (χ1n) is 16.5. The second kappa shape index (κ2) is 12.2. The Balaban J connectivity index is 1.41. The SMILES string of the molecule is C=CC(=O)N1C[C@H](C)N(c2nc(=O)n3c4c(c(-c5cccc6cnn(C)c56)c(C)cc24)SC[C@@H]3CN2CCN(CC)CC2)C[C@H]1C. The van der Waals surface area contributed by atoms with Crippen molar-refractivity contribution in [2.45, 2.75) is 50.7 Å². The molecule has 4 aromatic rings. The number of para-hydroxylation sites is 1. The maximum Gasteiger partial charge on any atom is 0.350 e. The Bertz CT molecular complexity index is 1890. The number of likely N-dealkylation sites (N-methyl/N-ethyl adjacent to an activating group) is 1. The number of carbonyl (C=O) groups is 1. The highest BCUT2D eigenvalue weighted by atomic mass is 32.2. The lowest BCUT2D eigenvalue weighted by molar-refractivity contribution is -0.128. The summed E-state index contributed by atoms with van der Waals surface area (Å²) in [5, 5.41) is 6.67. The van der Waals surface area contributed by atoms with Crippen molar-refractivity contribution < 1.29 is 4.79 Å². The number of nitrogens with zero attached hydrogens (tertiary/aromatic N) is 8. The first-order chi connectivity index (χ1) is 22.2. The number of fused-ring (bicyclic) bond motifs is 1. The van der Waals surface area contributed by atoms with E-state index >= 15 is 0 Å². The van der Waals surface area contributed by atoms with Crippen LogP contribution in [-0.2, 0) is 11.8 Å². The fourth-order valence-electron chi connectivity index (χ4n) is 7.78. The van der Waals surface area contributed by atoms with Crippen LogP contribution in [0, 0.1) is 6.92 Å². The van der Waals surface area contributed by atoms with Gasteiger partial charge in [0.15, 0.2) is 0 Å². The summed E-state index contributed by atoms with van der Waals surface area (Å²) in [5.41, 5.74) is 5.31. The van der Waals surface area contributed by atoms with E-state index in [1.807, 2.05) is 39.2 Å². The first kappa shape index (κ1) is 31.0. The second-order valence-electron chi connectivity index (χ2n) is 13.1. The van der Waals surface area contributed by atoms with Crippen molar-refractivity contribution in [2.24, 2.45) is 7.05 Å². The Kier molecular flexibility index (Phi) is 8.19. The van der Waals surface area contributed by atoms with Gasteiger partial charge < -0.3 is 14.7 Å². The number of aromatic nitrogens is 4. The van der Waals surface area contributed by atoms with E-state index in [4.69, 9.17) is 4.98 Å². The fraction of sp³-hybridized carbons (Fsp3) is 0.486. The van der Waals surface area contributed by atoms with E-state index in [0.29, 0.717) is 18.9 Å². The second-order valence-corrected chi connectivity index (χ2v) is 14.2. The van der Waals surface area contributed by atoms with E-state index in [1.165, 1.54) is 6.08 Å². The van der Waals surface area contributed by atoms with Gasteiger partial charge in [-0.05, 0) is 45.0 Å². The van der Waals surface area contributed by atoms with Crippen LogP contribution < -0.4 is 10.6 Å². The summed E-state index contributed by atoms with van der Waals surface area (Å²) in [4.78, 5) is 42.1. The molecule has 2 aromatic heterocycles. The maximum atomic E-state index is 14.3. The lowest BCUT2D eigenvalue weighted by atomic mass is 9.95. The van der Waals surface area contributed by atoms with Gasteiger partial charge in [0.05, 0.1) is 23.3 Å². The number of rotatable bonds is 6. The molecule has 3 aliphatic rings. The molecule has 0 saturated carbocycles. The number of piperazine rings is 2. The highest BCUT2D eigenvalue weighted by Gasteiger charge is 2.36. The number of benzene rings is 2. The summed E-state index contributed by atoms with van der Waals surface area (Å²) in [6.45, 7) is 19.4. The average molecular weight is 641 g/mol. The van der Waals surface area contributed by atoms with Gasteiger partial charge in [-0.3, -0.25) is 18.9 Å². The fourth-order valence-corrected chi connectivity index (χ4v) is 9.15. The number of anilines is 1. The summed E-state index contributed by atoms with van der Waals surface area (Å²) < 4.78 is 3.96. The predicted octanol–water partition coefficient (Wildman–Crippen LogP) is 4.15. The van der Waals surface area contributed by atoms with Crippen LogP contribution in [-0.4, -0.2) is 110 Å². The van der Waals surface area contributed by atoms with Crippen LogP contribution in [0.15, 0.2) is 52.8 Å². The Hall–Kier alpha value is -3.67. The van der Waals surface area contributed by atoms with Gasteiger partial charge in [0.1, 0.15) is 5.82 Å². The third-order valence-corrected chi connectivity index (χ3v) is 11.5. The zero-order valence-electron chi connectivity index (χ0n) is 27.6.